The van der Waals surface area contributed by atoms with Gasteiger partial charge in [-0.25, -0.2) is 21.1 Å². The molecule has 1 heterocycles. The Morgan fingerprint density at radius 3 is 1.73 bits per heavy atom. The lowest BCUT2D eigenvalue weighted by molar-refractivity contribution is 0.350. The highest BCUT2D eigenvalue weighted by atomic mass is 32.2. The average molecular weight is 461 g/mol. The maximum Gasteiger partial charge on any atom is 0.243 e. The zero-order valence-corrected chi connectivity index (χ0v) is 19.8. The van der Waals surface area contributed by atoms with E-state index in [-0.39, 0.29) is 4.90 Å². The molecule has 30 heavy (non-hydrogen) atoms. The zero-order valence-electron chi connectivity index (χ0n) is 18.1. The smallest absolute Gasteiger partial charge is 0.243 e. The van der Waals surface area contributed by atoms with Gasteiger partial charge in [-0.05, 0) is 70.9 Å². The molecule has 10 heteroatoms. The highest BCUT2D eigenvalue weighted by Crippen LogP contribution is 2.17. The summed E-state index contributed by atoms with van der Waals surface area (Å²) in [5.41, 5.74) is 1.00. The van der Waals surface area contributed by atoms with Crippen molar-refractivity contribution < 1.29 is 16.8 Å². The van der Waals surface area contributed by atoms with Gasteiger partial charge in [0.15, 0.2) is 0 Å². The number of hydrogen-bond acceptors (Lipinski definition) is 6. The fraction of sp³-hybridized carbons (Fsp3) is 0.700. The van der Waals surface area contributed by atoms with Crippen LogP contribution in [0.2, 0.25) is 0 Å². The van der Waals surface area contributed by atoms with Crippen LogP contribution in [0.25, 0.3) is 0 Å². The summed E-state index contributed by atoms with van der Waals surface area (Å²) in [7, 11) is -6.95. The Kier molecular flexibility index (Phi) is 10.2. The molecular formula is C20H36N4O4S2. The van der Waals surface area contributed by atoms with Gasteiger partial charge in [0.2, 0.25) is 20.0 Å². The number of aryl methyl sites for hydroxylation is 1. The third-order valence-electron chi connectivity index (χ3n) is 5.17. The first-order valence-electron chi connectivity index (χ1n) is 10.6. The van der Waals surface area contributed by atoms with Crippen molar-refractivity contribution in [2.24, 2.45) is 0 Å². The third kappa shape index (κ3) is 8.24. The highest BCUT2D eigenvalue weighted by molar-refractivity contribution is 7.89. The molecule has 172 valence electrons. The fourth-order valence-electron chi connectivity index (χ4n) is 3.43. The van der Waals surface area contributed by atoms with Crippen LogP contribution in [0.5, 0.6) is 0 Å². The molecule has 1 saturated heterocycles. The van der Waals surface area contributed by atoms with Crippen molar-refractivity contribution >= 4 is 20.0 Å². The van der Waals surface area contributed by atoms with Gasteiger partial charge in [-0.15, -0.1) is 0 Å². The van der Waals surface area contributed by atoms with Gasteiger partial charge in [-0.1, -0.05) is 17.7 Å². The quantitative estimate of drug-likeness (QED) is 0.698. The van der Waals surface area contributed by atoms with Crippen molar-refractivity contribution in [3.63, 3.8) is 0 Å². The molecule has 0 spiro atoms. The van der Waals surface area contributed by atoms with Crippen molar-refractivity contribution in [2.75, 3.05) is 58.6 Å². The largest absolute Gasteiger partial charge is 0.317 e. The molecule has 0 saturated carbocycles. The first-order chi connectivity index (χ1) is 14.2. The Bertz CT molecular complexity index is 842. The van der Waals surface area contributed by atoms with Crippen molar-refractivity contribution in [2.45, 2.75) is 37.5 Å². The number of hydrogen-bond donors (Lipinski definition) is 2. The van der Waals surface area contributed by atoms with Gasteiger partial charge in [-0.3, -0.25) is 0 Å². The summed E-state index contributed by atoms with van der Waals surface area (Å²) >= 11 is 0. The number of benzene rings is 1. The summed E-state index contributed by atoms with van der Waals surface area (Å²) in [6.07, 6.45) is 4.08. The third-order valence-corrected chi connectivity index (χ3v) is 8.39. The van der Waals surface area contributed by atoms with E-state index in [1.165, 1.54) is 14.9 Å². The van der Waals surface area contributed by atoms with Gasteiger partial charge < -0.3 is 10.6 Å². The van der Waals surface area contributed by atoms with Crippen LogP contribution in [0.3, 0.4) is 0 Å². The summed E-state index contributed by atoms with van der Waals surface area (Å²) in [5.74, 6) is 0. The van der Waals surface area contributed by atoms with Crippen LogP contribution in [0, 0.1) is 6.92 Å². The molecule has 1 aromatic rings. The van der Waals surface area contributed by atoms with Crippen LogP contribution < -0.4 is 10.6 Å². The van der Waals surface area contributed by atoms with Crippen molar-refractivity contribution in [1.29, 1.82) is 0 Å². The summed E-state index contributed by atoms with van der Waals surface area (Å²) in [6, 6.07) is 6.87. The van der Waals surface area contributed by atoms with E-state index in [4.69, 9.17) is 0 Å². The minimum atomic E-state index is -3.62. The van der Waals surface area contributed by atoms with Crippen LogP contribution in [0.15, 0.2) is 29.2 Å². The SMILES string of the molecule is Cc1ccc(S(=O)(=O)N2CCCNCCCNCCCN(S(C)(=O)=O)CCC2)cc1. The molecular weight excluding hydrogens is 424 g/mol. The van der Waals surface area contributed by atoms with Crippen LogP contribution in [0.1, 0.15) is 31.2 Å². The van der Waals surface area contributed by atoms with Crippen LogP contribution >= 0.6 is 0 Å². The van der Waals surface area contributed by atoms with Gasteiger partial charge in [0.05, 0.1) is 11.2 Å². The molecule has 0 amide bonds. The van der Waals surface area contributed by atoms with Gasteiger partial charge in [0.25, 0.3) is 0 Å². The van der Waals surface area contributed by atoms with E-state index in [1.54, 1.807) is 24.3 Å². The van der Waals surface area contributed by atoms with Crippen LogP contribution in [0.4, 0.5) is 0 Å². The normalized spacial score (nSPS) is 20.7. The Balaban J connectivity index is 2.13. The summed E-state index contributed by atoms with van der Waals surface area (Å²) in [6.45, 7) is 6.62. The monoisotopic (exact) mass is 460 g/mol. The minimum absolute atomic E-state index is 0.279. The summed E-state index contributed by atoms with van der Waals surface area (Å²) in [5, 5.41) is 6.70. The maximum absolute atomic E-state index is 13.2. The molecule has 0 aromatic heterocycles. The molecule has 2 N–H and O–H groups in total. The molecule has 1 aliphatic heterocycles. The predicted molar refractivity (Wildman–Crippen MR) is 121 cm³/mol. The molecule has 1 aliphatic rings. The molecule has 1 fully saturated rings. The Morgan fingerprint density at radius 1 is 0.700 bits per heavy atom. The predicted octanol–water partition coefficient (Wildman–Crippen LogP) is 1.00. The summed E-state index contributed by atoms with van der Waals surface area (Å²) < 4.78 is 53.6. The molecule has 0 atom stereocenters. The molecule has 2 rings (SSSR count). The lowest BCUT2D eigenvalue weighted by Gasteiger charge is -2.25. The van der Waals surface area contributed by atoms with Gasteiger partial charge in [-0.2, -0.15) is 4.31 Å². The maximum atomic E-state index is 13.2. The van der Waals surface area contributed by atoms with Gasteiger partial charge >= 0.3 is 0 Å². The molecule has 1 aromatic carbocycles. The standard InChI is InChI=1S/C20H36N4O4S2/c1-19-7-9-20(10-8-19)30(27,28)24-16-5-14-22-12-3-11-21-13-4-15-23(17-6-18-24)29(2,25)26/h7-10,21-22H,3-6,11-18H2,1-2H3. The lowest BCUT2D eigenvalue weighted by atomic mass is 10.2. The van der Waals surface area contributed by atoms with E-state index < -0.39 is 20.0 Å². The Hall–Kier alpha value is -1.04. The molecule has 0 unspecified atom stereocenters. The Morgan fingerprint density at radius 2 is 1.17 bits per heavy atom. The average Bonchev–Trinajstić information content (AvgIpc) is 2.67. The van der Waals surface area contributed by atoms with E-state index in [0.717, 1.165) is 44.6 Å². The molecule has 8 nitrogen and oxygen atoms in total. The van der Waals surface area contributed by atoms with Gasteiger partial charge in [0, 0.05) is 26.2 Å². The summed E-state index contributed by atoms with van der Waals surface area (Å²) in [4.78, 5) is 0.279. The van der Waals surface area contributed by atoms with Crippen LogP contribution in [-0.2, 0) is 20.0 Å². The molecule has 0 radical (unpaired) electrons. The second kappa shape index (κ2) is 12.1. The molecule has 0 aliphatic carbocycles. The van der Waals surface area contributed by atoms with E-state index >= 15 is 0 Å². The van der Waals surface area contributed by atoms with Gasteiger partial charge in [0.1, 0.15) is 0 Å². The number of nitrogens with zero attached hydrogens (tertiary/aromatic N) is 2. The first-order valence-corrected chi connectivity index (χ1v) is 13.9. The number of rotatable bonds is 3. The van der Waals surface area contributed by atoms with E-state index in [2.05, 4.69) is 10.6 Å². The number of sulfonamides is 2. The topological polar surface area (TPSA) is 98.8 Å². The first kappa shape index (κ1) is 25.2. The number of nitrogens with one attached hydrogen (secondary N) is 2. The van der Waals surface area contributed by atoms with E-state index in [1.807, 2.05) is 6.92 Å². The van der Waals surface area contributed by atoms with Crippen molar-refractivity contribution in [3.8, 4) is 0 Å². The highest BCUT2D eigenvalue weighted by Gasteiger charge is 2.25. The van der Waals surface area contributed by atoms with Crippen molar-refractivity contribution in [3.05, 3.63) is 29.8 Å². The Labute approximate surface area is 182 Å². The van der Waals surface area contributed by atoms with Crippen molar-refractivity contribution in [1.82, 2.24) is 19.2 Å². The fourth-order valence-corrected chi connectivity index (χ4v) is 5.87. The minimum Gasteiger partial charge on any atom is -0.317 e. The second-order valence-corrected chi connectivity index (χ2v) is 11.7. The van der Waals surface area contributed by atoms with E-state index in [9.17, 15) is 16.8 Å². The van der Waals surface area contributed by atoms with E-state index in [0.29, 0.717) is 39.0 Å². The lowest BCUT2D eigenvalue weighted by Crippen LogP contribution is -2.38. The second-order valence-electron chi connectivity index (χ2n) is 7.79. The zero-order chi connectivity index (χ0) is 22.0. The van der Waals surface area contributed by atoms with Crippen LogP contribution in [-0.4, -0.2) is 84.1 Å². The molecule has 0 bridgehead atoms.